The molecule has 1 aliphatic rings. The maximum Gasteiger partial charge on any atom is 0.338 e. The van der Waals surface area contributed by atoms with E-state index >= 15 is 0 Å². The molecule has 2 aromatic rings. The normalized spacial score (nSPS) is 26.0. The van der Waals surface area contributed by atoms with Crippen molar-refractivity contribution in [2.75, 3.05) is 6.61 Å². The van der Waals surface area contributed by atoms with Crippen molar-refractivity contribution in [2.24, 2.45) is 0 Å². The molecule has 3 rings (SSSR count). The summed E-state index contributed by atoms with van der Waals surface area (Å²) < 4.78 is 17.0. The van der Waals surface area contributed by atoms with E-state index < -0.39 is 49.1 Å². The molecule has 1 saturated heterocycles. The van der Waals surface area contributed by atoms with Crippen LogP contribution < -0.4 is 5.32 Å². The molecule has 0 aromatic heterocycles. The third kappa shape index (κ3) is 5.43. The largest absolute Gasteiger partial charge is 0.453 e. The van der Waals surface area contributed by atoms with Gasteiger partial charge in [-0.1, -0.05) is 48.5 Å². The first kappa shape index (κ1) is 21.9. The molecule has 0 spiro atoms. The van der Waals surface area contributed by atoms with Crippen LogP contribution in [-0.2, 0) is 25.6 Å². The van der Waals surface area contributed by atoms with Gasteiger partial charge in [0, 0.05) is 6.92 Å². The average molecular weight is 415 g/mol. The quantitative estimate of drug-likeness (QED) is 0.578. The number of aliphatic hydroxyl groups excluding tert-OH is 2. The van der Waals surface area contributed by atoms with Gasteiger partial charge < -0.3 is 29.7 Å². The van der Waals surface area contributed by atoms with E-state index in [1.165, 1.54) is 6.92 Å². The highest BCUT2D eigenvalue weighted by molar-refractivity contribution is 5.89. The van der Waals surface area contributed by atoms with Crippen LogP contribution in [0.4, 0.5) is 0 Å². The number of aliphatic hydroxyl groups is 2. The van der Waals surface area contributed by atoms with Gasteiger partial charge in [0.1, 0.15) is 18.2 Å². The van der Waals surface area contributed by atoms with Gasteiger partial charge in [-0.15, -0.1) is 0 Å². The molecular weight excluding hydrogens is 390 g/mol. The lowest BCUT2D eigenvalue weighted by Crippen LogP contribution is -2.65. The second-order valence-corrected chi connectivity index (χ2v) is 6.97. The summed E-state index contributed by atoms with van der Waals surface area (Å²) in [4.78, 5) is 24.4. The molecule has 5 atom stereocenters. The first-order valence-corrected chi connectivity index (χ1v) is 9.62. The Bertz CT molecular complexity index is 830. The molecule has 2 aromatic carbocycles. The third-order valence-electron chi connectivity index (χ3n) is 4.73. The Kier molecular flexibility index (Phi) is 7.53. The van der Waals surface area contributed by atoms with Crippen molar-refractivity contribution in [3.63, 3.8) is 0 Å². The molecule has 0 unspecified atom stereocenters. The van der Waals surface area contributed by atoms with Crippen molar-refractivity contribution in [1.82, 2.24) is 5.32 Å². The monoisotopic (exact) mass is 415 g/mol. The van der Waals surface area contributed by atoms with Crippen molar-refractivity contribution < 1.29 is 34.0 Å². The van der Waals surface area contributed by atoms with Crippen LogP contribution in [-0.4, -0.2) is 59.3 Å². The van der Waals surface area contributed by atoms with Gasteiger partial charge in [0.15, 0.2) is 12.4 Å². The lowest BCUT2D eigenvalue weighted by molar-refractivity contribution is -0.273. The maximum absolute atomic E-state index is 12.6. The molecule has 0 radical (unpaired) electrons. The van der Waals surface area contributed by atoms with Gasteiger partial charge in [-0.05, 0) is 17.7 Å². The van der Waals surface area contributed by atoms with Crippen LogP contribution in [0.5, 0.6) is 0 Å². The van der Waals surface area contributed by atoms with E-state index in [1.54, 1.807) is 30.3 Å². The molecular formula is C22H25NO7. The van der Waals surface area contributed by atoms with E-state index in [9.17, 15) is 19.8 Å². The zero-order valence-corrected chi connectivity index (χ0v) is 16.5. The summed E-state index contributed by atoms with van der Waals surface area (Å²) in [5, 5.41) is 22.9. The van der Waals surface area contributed by atoms with Gasteiger partial charge in [0.2, 0.25) is 5.91 Å². The standard InChI is InChI=1S/C22H25NO7/c1-14(25)23-18-20(30-21(27)16-10-6-3-7-11-16)19(26)17(12-24)29-22(18)28-13-15-8-4-2-5-9-15/h2-11,17-20,22,24,26H,12-13H2,1H3,(H,23,25)/t17-,18+,19-,20+,22-/m1/s1. The van der Waals surface area contributed by atoms with Crippen LogP contribution in [0.25, 0.3) is 0 Å². The lowest BCUT2D eigenvalue weighted by atomic mass is 9.96. The van der Waals surface area contributed by atoms with E-state index in [2.05, 4.69) is 5.32 Å². The summed E-state index contributed by atoms with van der Waals surface area (Å²) in [6.07, 6.45) is -4.66. The fraction of sp³-hybridized carbons (Fsp3) is 0.364. The van der Waals surface area contributed by atoms with Crippen molar-refractivity contribution >= 4 is 11.9 Å². The molecule has 1 amide bonds. The Balaban J connectivity index is 1.82. The minimum atomic E-state index is -1.36. The molecule has 1 fully saturated rings. The molecule has 3 N–H and O–H groups in total. The summed E-state index contributed by atoms with van der Waals surface area (Å²) in [6.45, 7) is 0.947. The molecule has 8 heteroatoms. The smallest absolute Gasteiger partial charge is 0.338 e. The number of benzene rings is 2. The van der Waals surface area contributed by atoms with E-state index in [0.717, 1.165) is 5.56 Å². The summed E-state index contributed by atoms with van der Waals surface area (Å²) in [7, 11) is 0. The summed E-state index contributed by atoms with van der Waals surface area (Å²) in [5.41, 5.74) is 1.16. The number of nitrogens with one attached hydrogen (secondary N) is 1. The second kappa shape index (κ2) is 10.3. The van der Waals surface area contributed by atoms with Crippen molar-refractivity contribution in [3.05, 3.63) is 71.8 Å². The van der Waals surface area contributed by atoms with Gasteiger partial charge in [-0.2, -0.15) is 0 Å². The SMILES string of the molecule is CC(=O)N[C@@H]1[C@H](OCc2ccccc2)O[C@H](CO)[C@@H](O)[C@H]1OC(=O)c1ccccc1. The number of carbonyl (C=O) groups excluding carboxylic acids is 2. The molecule has 1 heterocycles. The number of amides is 1. The second-order valence-electron chi connectivity index (χ2n) is 6.97. The Hall–Kier alpha value is -2.78. The fourth-order valence-corrected chi connectivity index (χ4v) is 3.26. The number of esters is 1. The average Bonchev–Trinajstić information content (AvgIpc) is 2.76. The predicted octanol–water partition coefficient (Wildman–Crippen LogP) is 1.01. The summed E-state index contributed by atoms with van der Waals surface area (Å²) in [6, 6.07) is 16.6. The molecule has 160 valence electrons. The number of hydrogen-bond acceptors (Lipinski definition) is 7. The first-order chi connectivity index (χ1) is 14.5. The van der Waals surface area contributed by atoms with Crippen LogP contribution in [0.3, 0.4) is 0 Å². The highest BCUT2D eigenvalue weighted by atomic mass is 16.7. The van der Waals surface area contributed by atoms with E-state index in [4.69, 9.17) is 14.2 Å². The van der Waals surface area contributed by atoms with Crippen LogP contribution in [0.15, 0.2) is 60.7 Å². The Labute approximate surface area is 174 Å². The Morgan fingerprint density at radius 1 is 1.07 bits per heavy atom. The number of carbonyl (C=O) groups is 2. The molecule has 0 aliphatic carbocycles. The number of hydrogen-bond donors (Lipinski definition) is 3. The zero-order valence-electron chi connectivity index (χ0n) is 16.5. The van der Waals surface area contributed by atoms with Crippen molar-refractivity contribution in [3.8, 4) is 0 Å². The molecule has 30 heavy (non-hydrogen) atoms. The van der Waals surface area contributed by atoms with E-state index in [0.29, 0.717) is 5.56 Å². The van der Waals surface area contributed by atoms with Crippen LogP contribution in [0, 0.1) is 0 Å². The zero-order chi connectivity index (χ0) is 21.5. The predicted molar refractivity (Wildman–Crippen MR) is 106 cm³/mol. The van der Waals surface area contributed by atoms with Gasteiger partial charge in [0.05, 0.1) is 18.8 Å². The van der Waals surface area contributed by atoms with E-state index in [1.807, 2.05) is 30.3 Å². The summed E-state index contributed by atoms with van der Waals surface area (Å²) >= 11 is 0. The highest BCUT2D eigenvalue weighted by Gasteiger charge is 2.48. The van der Waals surface area contributed by atoms with Gasteiger partial charge >= 0.3 is 5.97 Å². The Morgan fingerprint density at radius 2 is 1.70 bits per heavy atom. The first-order valence-electron chi connectivity index (χ1n) is 9.62. The van der Waals surface area contributed by atoms with Crippen LogP contribution >= 0.6 is 0 Å². The molecule has 0 bridgehead atoms. The van der Waals surface area contributed by atoms with Gasteiger partial charge in [-0.25, -0.2) is 4.79 Å². The van der Waals surface area contributed by atoms with Crippen LogP contribution in [0.2, 0.25) is 0 Å². The van der Waals surface area contributed by atoms with Gasteiger partial charge in [-0.3, -0.25) is 4.79 Å². The van der Waals surface area contributed by atoms with Crippen molar-refractivity contribution in [1.29, 1.82) is 0 Å². The van der Waals surface area contributed by atoms with Gasteiger partial charge in [0.25, 0.3) is 0 Å². The number of rotatable bonds is 7. The molecule has 0 saturated carbocycles. The fourth-order valence-electron chi connectivity index (χ4n) is 3.26. The molecule has 8 nitrogen and oxygen atoms in total. The third-order valence-corrected chi connectivity index (χ3v) is 4.73. The number of ether oxygens (including phenoxy) is 3. The highest BCUT2D eigenvalue weighted by Crippen LogP contribution is 2.26. The Morgan fingerprint density at radius 3 is 2.30 bits per heavy atom. The summed E-state index contributed by atoms with van der Waals surface area (Å²) in [5.74, 6) is -1.08. The minimum absolute atomic E-state index is 0.162. The van der Waals surface area contributed by atoms with Crippen LogP contribution in [0.1, 0.15) is 22.8 Å². The maximum atomic E-state index is 12.6. The lowest BCUT2D eigenvalue weighted by Gasteiger charge is -2.43. The topological polar surface area (TPSA) is 114 Å². The molecule has 1 aliphatic heterocycles. The van der Waals surface area contributed by atoms with E-state index in [-0.39, 0.29) is 6.61 Å². The van der Waals surface area contributed by atoms with Crippen molar-refractivity contribution in [2.45, 2.75) is 44.2 Å². The minimum Gasteiger partial charge on any atom is -0.453 e.